The van der Waals surface area contributed by atoms with Crippen LogP contribution < -0.4 is 4.74 Å². The van der Waals surface area contributed by atoms with E-state index >= 15 is 0 Å². The molecule has 170 valence electrons. The number of aryl methyl sites for hydroxylation is 1. The molecule has 1 aliphatic carbocycles. The maximum Gasteiger partial charge on any atom is 0.331 e. The van der Waals surface area contributed by atoms with Crippen molar-refractivity contribution in [1.29, 1.82) is 5.26 Å². The van der Waals surface area contributed by atoms with Gasteiger partial charge in [-0.3, -0.25) is 0 Å². The van der Waals surface area contributed by atoms with Crippen molar-refractivity contribution in [3.05, 3.63) is 54.1 Å². The van der Waals surface area contributed by atoms with E-state index in [2.05, 4.69) is 44.2 Å². The van der Waals surface area contributed by atoms with Gasteiger partial charge in [-0.2, -0.15) is 5.26 Å². The summed E-state index contributed by atoms with van der Waals surface area (Å²) in [6.45, 7) is 4.37. The molecule has 2 unspecified atom stereocenters. The Hall–Kier alpha value is -2.60. The van der Waals surface area contributed by atoms with E-state index in [9.17, 15) is 10.1 Å². The van der Waals surface area contributed by atoms with Gasteiger partial charge in [0.25, 0.3) is 0 Å². The number of ether oxygens (including phenoxy) is 1. The van der Waals surface area contributed by atoms with E-state index in [1.165, 1.54) is 37.7 Å². The minimum Gasteiger partial charge on any atom is -0.425 e. The van der Waals surface area contributed by atoms with E-state index in [0.717, 1.165) is 36.8 Å². The number of hydrogen-bond acceptors (Lipinski definition) is 3. The van der Waals surface area contributed by atoms with Crippen molar-refractivity contribution in [3.8, 4) is 22.9 Å². The summed E-state index contributed by atoms with van der Waals surface area (Å²) in [5.74, 6) is 0.544. The summed E-state index contributed by atoms with van der Waals surface area (Å²) in [7, 11) is 0. The first-order valence-corrected chi connectivity index (χ1v) is 12.4. The molecule has 1 saturated carbocycles. The maximum absolute atomic E-state index is 12.9. The van der Waals surface area contributed by atoms with E-state index in [4.69, 9.17) is 4.74 Å². The molecule has 0 saturated heterocycles. The van der Waals surface area contributed by atoms with Crippen molar-refractivity contribution < 1.29 is 9.53 Å². The van der Waals surface area contributed by atoms with E-state index in [1.807, 2.05) is 24.3 Å². The van der Waals surface area contributed by atoms with Crippen LogP contribution >= 0.6 is 0 Å². The molecule has 1 fully saturated rings. The first kappa shape index (κ1) is 24.1. The first-order chi connectivity index (χ1) is 15.6. The summed E-state index contributed by atoms with van der Waals surface area (Å²) in [5, 5.41) is 9.76. The molecule has 3 heteroatoms. The van der Waals surface area contributed by atoms with Gasteiger partial charge in [0.05, 0.1) is 6.07 Å². The predicted molar refractivity (Wildman–Crippen MR) is 130 cm³/mol. The molecule has 0 bridgehead atoms. The lowest BCUT2D eigenvalue weighted by atomic mass is 9.70. The Kier molecular flexibility index (Phi) is 8.91. The lowest BCUT2D eigenvalue weighted by Gasteiger charge is -2.33. The Morgan fingerprint density at radius 2 is 1.66 bits per heavy atom. The largest absolute Gasteiger partial charge is 0.425 e. The number of carbonyl (C=O) groups excluding carboxylic acids is 1. The third-order valence-corrected chi connectivity index (χ3v) is 6.96. The Bertz CT molecular complexity index is 894. The first-order valence-electron chi connectivity index (χ1n) is 12.4. The molecule has 2 aromatic rings. The molecule has 0 radical (unpaired) electrons. The molecule has 0 aliphatic heterocycles. The lowest BCUT2D eigenvalue weighted by Crippen LogP contribution is -2.38. The number of benzene rings is 2. The minimum absolute atomic E-state index is 0.394. The van der Waals surface area contributed by atoms with Crippen LogP contribution in [0.25, 0.3) is 11.1 Å². The lowest BCUT2D eigenvalue weighted by molar-refractivity contribution is -0.145. The number of rotatable bonds is 10. The standard InChI is InChI=1S/C29H37NO2/c1-3-5-6-7-8-10-24-12-14-25(15-13-24)26-16-18-27(19-17-26)32-28(31)29(22-30)20-9-11-23(4-2)21-29/h12-19,23H,3-11,20-21H2,1-2H3. The number of esters is 1. The highest BCUT2D eigenvalue weighted by Crippen LogP contribution is 2.41. The van der Waals surface area contributed by atoms with Gasteiger partial charge in [0.15, 0.2) is 5.41 Å². The average molecular weight is 432 g/mol. The summed E-state index contributed by atoms with van der Waals surface area (Å²) in [4.78, 5) is 12.9. The van der Waals surface area contributed by atoms with Crippen LogP contribution in [0.4, 0.5) is 0 Å². The van der Waals surface area contributed by atoms with Gasteiger partial charge in [-0.1, -0.05) is 95.2 Å². The maximum atomic E-state index is 12.9. The van der Waals surface area contributed by atoms with E-state index < -0.39 is 11.4 Å². The van der Waals surface area contributed by atoms with Gasteiger partial charge in [0.1, 0.15) is 5.75 Å². The molecule has 3 nitrogen and oxygen atoms in total. The summed E-state index contributed by atoms with van der Waals surface area (Å²) < 4.78 is 5.66. The second-order valence-electron chi connectivity index (χ2n) is 9.34. The molecule has 0 N–H and O–H groups in total. The Labute approximate surface area is 193 Å². The monoisotopic (exact) mass is 431 g/mol. The van der Waals surface area contributed by atoms with Crippen LogP contribution in [0.15, 0.2) is 48.5 Å². The fraction of sp³-hybridized carbons (Fsp3) is 0.517. The normalized spacial score (nSPS) is 20.5. The molecule has 1 aliphatic rings. The molecule has 0 amide bonds. The number of unbranched alkanes of at least 4 members (excludes halogenated alkanes) is 4. The Morgan fingerprint density at radius 3 is 2.28 bits per heavy atom. The molecule has 3 rings (SSSR count). The zero-order valence-electron chi connectivity index (χ0n) is 19.7. The Morgan fingerprint density at radius 1 is 1.00 bits per heavy atom. The van der Waals surface area contributed by atoms with Crippen LogP contribution in [0.5, 0.6) is 5.75 Å². The number of carbonyl (C=O) groups is 1. The van der Waals surface area contributed by atoms with Crippen LogP contribution in [0.1, 0.15) is 83.6 Å². The topological polar surface area (TPSA) is 50.1 Å². The van der Waals surface area contributed by atoms with Crippen molar-refractivity contribution in [2.75, 3.05) is 0 Å². The molecule has 0 aromatic heterocycles. The van der Waals surface area contributed by atoms with Crippen LogP contribution in [0.2, 0.25) is 0 Å². The Balaban J connectivity index is 1.58. The molecule has 2 aromatic carbocycles. The van der Waals surface area contributed by atoms with Gasteiger partial charge in [-0.05, 0) is 60.4 Å². The predicted octanol–water partition coefficient (Wildman–Crippen LogP) is 7.88. The van der Waals surface area contributed by atoms with E-state index in [1.54, 1.807) is 0 Å². The average Bonchev–Trinajstić information content (AvgIpc) is 2.84. The fourth-order valence-corrected chi connectivity index (χ4v) is 4.79. The number of nitriles is 1. The van der Waals surface area contributed by atoms with Crippen molar-refractivity contribution >= 4 is 5.97 Å². The highest BCUT2D eigenvalue weighted by Gasteiger charge is 2.44. The number of nitrogens with zero attached hydrogens (tertiary/aromatic N) is 1. The molecular weight excluding hydrogens is 394 g/mol. The van der Waals surface area contributed by atoms with Gasteiger partial charge >= 0.3 is 5.97 Å². The van der Waals surface area contributed by atoms with Gasteiger partial charge in [0, 0.05) is 0 Å². The zero-order valence-corrected chi connectivity index (χ0v) is 19.7. The van der Waals surface area contributed by atoms with E-state index in [0.29, 0.717) is 24.5 Å². The molecule has 2 atom stereocenters. The smallest absolute Gasteiger partial charge is 0.331 e. The summed E-state index contributed by atoms with van der Waals surface area (Å²) in [6, 6.07) is 18.7. The van der Waals surface area contributed by atoms with Crippen LogP contribution in [0, 0.1) is 22.7 Å². The van der Waals surface area contributed by atoms with Crippen molar-refractivity contribution in [1.82, 2.24) is 0 Å². The summed E-state index contributed by atoms with van der Waals surface area (Å²) in [5.41, 5.74) is 2.64. The molecule has 0 spiro atoms. The van der Waals surface area contributed by atoms with Crippen molar-refractivity contribution in [2.45, 2.75) is 84.5 Å². The van der Waals surface area contributed by atoms with Gasteiger partial charge in [-0.25, -0.2) is 4.79 Å². The van der Waals surface area contributed by atoms with Crippen molar-refractivity contribution in [2.24, 2.45) is 11.3 Å². The zero-order chi connectivity index (χ0) is 22.8. The summed E-state index contributed by atoms with van der Waals surface area (Å²) >= 11 is 0. The van der Waals surface area contributed by atoms with Crippen LogP contribution in [-0.4, -0.2) is 5.97 Å². The molecule has 32 heavy (non-hydrogen) atoms. The summed E-state index contributed by atoms with van der Waals surface area (Å²) in [6.07, 6.45) is 11.9. The fourth-order valence-electron chi connectivity index (χ4n) is 4.79. The second kappa shape index (κ2) is 11.9. The second-order valence-corrected chi connectivity index (χ2v) is 9.34. The third kappa shape index (κ3) is 6.22. The third-order valence-electron chi connectivity index (χ3n) is 6.96. The quantitative estimate of drug-likeness (QED) is 0.218. The van der Waals surface area contributed by atoms with Gasteiger partial charge in [-0.15, -0.1) is 0 Å². The van der Waals surface area contributed by atoms with Crippen LogP contribution in [0.3, 0.4) is 0 Å². The highest BCUT2D eigenvalue weighted by molar-refractivity contribution is 5.82. The minimum atomic E-state index is -0.996. The number of hydrogen-bond donors (Lipinski definition) is 0. The van der Waals surface area contributed by atoms with Gasteiger partial charge < -0.3 is 4.74 Å². The molecular formula is C29H37NO2. The van der Waals surface area contributed by atoms with Gasteiger partial charge in [0.2, 0.25) is 0 Å². The van der Waals surface area contributed by atoms with Crippen LogP contribution in [-0.2, 0) is 11.2 Å². The van der Waals surface area contributed by atoms with Crippen molar-refractivity contribution in [3.63, 3.8) is 0 Å². The highest BCUT2D eigenvalue weighted by atomic mass is 16.5. The SMILES string of the molecule is CCCCCCCc1ccc(-c2ccc(OC(=O)C3(C#N)CCCC(CC)C3)cc2)cc1. The van der Waals surface area contributed by atoms with E-state index in [-0.39, 0.29) is 0 Å². The molecule has 0 heterocycles.